The lowest BCUT2D eigenvalue weighted by molar-refractivity contribution is 0.506. The lowest BCUT2D eigenvalue weighted by atomic mass is 10.3. The van der Waals surface area contributed by atoms with E-state index >= 15 is 0 Å². The van der Waals surface area contributed by atoms with E-state index in [9.17, 15) is 4.79 Å². The highest BCUT2D eigenvalue weighted by Crippen LogP contribution is 2.10. The maximum atomic E-state index is 11.4. The molecule has 1 aromatic rings. The molecule has 0 saturated heterocycles. The van der Waals surface area contributed by atoms with Gasteiger partial charge in [0.25, 0.3) is 0 Å². The summed E-state index contributed by atoms with van der Waals surface area (Å²) in [6.07, 6.45) is 7.79. The third-order valence-electron chi connectivity index (χ3n) is 1.86. The summed E-state index contributed by atoms with van der Waals surface area (Å²) in [4.78, 5) is 11.4. The SMILES string of the molecule is O=c1ccoc2c1=CC=CCC=2Br. The van der Waals surface area contributed by atoms with E-state index in [1.807, 2.05) is 12.2 Å². The lowest BCUT2D eigenvalue weighted by Gasteiger charge is -1.91. The quantitative estimate of drug-likeness (QED) is 0.672. The highest BCUT2D eigenvalue weighted by atomic mass is 79.9. The van der Waals surface area contributed by atoms with Crippen LogP contribution in [-0.2, 0) is 0 Å². The van der Waals surface area contributed by atoms with Gasteiger partial charge in [0.1, 0.15) is 5.42 Å². The first-order valence-corrected chi connectivity index (χ1v) is 4.72. The van der Waals surface area contributed by atoms with Gasteiger partial charge in [0.15, 0.2) is 5.43 Å². The Balaban J connectivity index is 3.02. The second-order valence-electron chi connectivity index (χ2n) is 2.73. The molecule has 2 rings (SSSR count). The molecule has 1 heterocycles. The smallest absolute Gasteiger partial charge is 0.192 e. The number of fused-ring (bicyclic) bond motifs is 1. The van der Waals surface area contributed by atoms with Gasteiger partial charge in [-0.3, -0.25) is 4.79 Å². The average molecular weight is 239 g/mol. The van der Waals surface area contributed by atoms with Gasteiger partial charge in [-0.2, -0.15) is 0 Å². The molecule has 3 heteroatoms. The van der Waals surface area contributed by atoms with E-state index in [4.69, 9.17) is 4.42 Å². The van der Waals surface area contributed by atoms with Crippen LogP contribution in [0.4, 0.5) is 0 Å². The van der Waals surface area contributed by atoms with Crippen molar-refractivity contribution in [2.24, 2.45) is 0 Å². The zero-order valence-electron chi connectivity index (χ0n) is 6.79. The predicted octanol–water partition coefficient (Wildman–Crippen LogP) is 0.883. The van der Waals surface area contributed by atoms with E-state index < -0.39 is 0 Å². The van der Waals surface area contributed by atoms with Crippen molar-refractivity contribution in [1.29, 1.82) is 0 Å². The minimum atomic E-state index is -0.00949. The molecule has 0 saturated carbocycles. The van der Waals surface area contributed by atoms with Crippen LogP contribution in [0.3, 0.4) is 0 Å². The second-order valence-corrected chi connectivity index (χ2v) is 3.69. The molecule has 1 aliphatic carbocycles. The summed E-state index contributed by atoms with van der Waals surface area (Å²) in [5.41, 5.74) is 0.627. The minimum absolute atomic E-state index is 0.00949. The Morgan fingerprint density at radius 3 is 3.15 bits per heavy atom. The zero-order valence-corrected chi connectivity index (χ0v) is 8.37. The van der Waals surface area contributed by atoms with Gasteiger partial charge in [-0.15, -0.1) is 0 Å². The fourth-order valence-electron chi connectivity index (χ4n) is 1.23. The maximum Gasteiger partial charge on any atom is 0.192 e. The molecule has 0 aromatic carbocycles. The van der Waals surface area contributed by atoms with Crippen LogP contribution in [0.15, 0.2) is 33.7 Å². The first-order chi connectivity index (χ1) is 6.29. The molecule has 0 fully saturated rings. The molecule has 2 nitrogen and oxygen atoms in total. The van der Waals surface area contributed by atoms with Gasteiger partial charge < -0.3 is 4.42 Å². The number of halogens is 1. The Morgan fingerprint density at radius 1 is 1.46 bits per heavy atom. The lowest BCUT2D eigenvalue weighted by Crippen LogP contribution is -2.38. The summed E-state index contributed by atoms with van der Waals surface area (Å²) < 4.78 is 6.18. The minimum Gasteiger partial charge on any atom is -0.463 e. The monoisotopic (exact) mass is 238 g/mol. The summed E-state index contributed by atoms with van der Waals surface area (Å²) in [7, 11) is 0. The van der Waals surface area contributed by atoms with E-state index in [1.54, 1.807) is 6.08 Å². The van der Waals surface area contributed by atoms with Crippen molar-refractivity contribution in [3.63, 3.8) is 0 Å². The van der Waals surface area contributed by atoms with Crippen LogP contribution in [0.5, 0.6) is 0 Å². The summed E-state index contributed by atoms with van der Waals surface area (Å²) in [5.74, 6) is 0. The molecule has 0 aliphatic heterocycles. The summed E-state index contributed by atoms with van der Waals surface area (Å²) in [6, 6.07) is 1.43. The average Bonchev–Trinajstić information content (AvgIpc) is 2.30. The first-order valence-electron chi connectivity index (χ1n) is 3.92. The molecule has 66 valence electrons. The van der Waals surface area contributed by atoms with Crippen molar-refractivity contribution in [3.05, 3.63) is 45.3 Å². The topological polar surface area (TPSA) is 30.2 Å². The van der Waals surface area contributed by atoms with Crippen LogP contribution >= 0.6 is 15.9 Å². The molecule has 1 aromatic heterocycles. The van der Waals surface area contributed by atoms with Crippen LogP contribution in [0.1, 0.15) is 6.42 Å². The van der Waals surface area contributed by atoms with Gasteiger partial charge in [0.2, 0.25) is 0 Å². The maximum absolute atomic E-state index is 11.4. The third kappa shape index (κ3) is 1.52. The Hall–Kier alpha value is -1.09. The largest absolute Gasteiger partial charge is 0.463 e. The Bertz CT molecular complexity index is 523. The predicted molar refractivity (Wildman–Crippen MR) is 54.8 cm³/mol. The number of hydrogen-bond donors (Lipinski definition) is 0. The summed E-state index contributed by atoms with van der Waals surface area (Å²) >= 11 is 3.38. The normalized spacial score (nSPS) is 14.7. The number of allylic oxidation sites excluding steroid dienone is 2. The molecule has 13 heavy (non-hydrogen) atoms. The first kappa shape index (κ1) is 8.51. The fraction of sp³-hybridized carbons (Fsp3) is 0.100. The van der Waals surface area contributed by atoms with Crippen molar-refractivity contribution in [2.75, 3.05) is 0 Å². The van der Waals surface area contributed by atoms with E-state index in [-0.39, 0.29) is 5.43 Å². The number of hydrogen-bond acceptors (Lipinski definition) is 2. The molecule has 0 atom stereocenters. The Labute approximate surface area is 83.0 Å². The van der Waals surface area contributed by atoms with Crippen molar-refractivity contribution in [2.45, 2.75) is 6.42 Å². The van der Waals surface area contributed by atoms with Crippen molar-refractivity contribution >= 4 is 26.5 Å². The Kier molecular flexibility index (Phi) is 2.19. The van der Waals surface area contributed by atoms with E-state index in [1.165, 1.54) is 12.3 Å². The molecule has 1 aliphatic rings. The molecule has 0 bridgehead atoms. The molecule has 0 amide bonds. The number of rotatable bonds is 0. The molecule has 0 spiro atoms. The third-order valence-corrected chi connectivity index (χ3v) is 2.54. The van der Waals surface area contributed by atoms with Gasteiger partial charge in [-0.05, 0) is 6.08 Å². The van der Waals surface area contributed by atoms with Crippen molar-refractivity contribution < 1.29 is 4.42 Å². The standard InChI is InChI=1S/C10H7BrO2/c11-8-4-2-1-3-7-9(12)5-6-13-10(7)8/h1-3,5-6H,4H2. The molecular formula is C10H7BrO2. The van der Waals surface area contributed by atoms with Gasteiger partial charge in [-0.25, -0.2) is 0 Å². The van der Waals surface area contributed by atoms with Crippen molar-refractivity contribution in [3.8, 4) is 0 Å². The zero-order chi connectivity index (χ0) is 9.26. The van der Waals surface area contributed by atoms with E-state index in [0.29, 0.717) is 10.6 Å². The fourth-order valence-corrected chi connectivity index (χ4v) is 1.72. The van der Waals surface area contributed by atoms with Crippen LogP contribution in [0, 0.1) is 0 Å². The Morgan fingerprint density at radius 2 is 2.31 bits per heavy atom. The summed E-state index contributed by atoms with van der Waals surface area (Å²) in [6.45, 7) is 0. The van der Waals surface area contributed by atoms with Crippen LogP contribution in [0.2, 0.25) is 0 Å². The van der Waals surface area contributed by atoms with E-state index in [0.717, 1.165) is 10.9 Å². The molecule has 0 unspecified atom stereocenters. The van der Waals surface area contributed by atoms with Gasteiger partial charge in [0.05, 0.1) is 11.5 Å². The van der Waals surface area contributed by atoms with Crippen LogP contribution < -0.4 is 16.1 Å². The van der Waals surface area contributed by atoms with Gasteiger partial charge >= 0.3 is 0 Å². The highest BCUT2D eigenvalue weighted by Gasteiger charge is 2.00. The second kappa shape index (κ2) is 3.34. The summed E-state index contributed by atoms with van der Waals surface area (Å²) in [5, 5.41) is 0.614. The van der Waals surface area contributed by atoms with Crippen molar-refractivity contribution in [1.82, 2.24) is 0 Å². The molecular weight excluding hydrogens is 232 g/mol. The highest BCUT2D eigenvalue weighted by molar-refractivity contribution is 9.14. The van der Waals surface area contributed by atoms with Crippen LogP contribution in [0.25, 0.3) is 10.6 Å². The van der Waals surface area contributed by atoms with Gasteiger partial charge in [0, 0.05) is 17.0 Å². The van der Waals surface area contributed by atoms with Crippen LogP contribution in [-0.4, -0.2) is 0 Å². The molecule has 0 N–H and O–H groups in total. The van der Waals surface area contributed by atoms with E-state index in [2.05, 4.69) is 15.9 Å². The molecule has 0 radical (unpaired) electrons. The van der Waals surface area contributed by atoms with Gasteiger partial charge in [-0.1, -0.05) is 28.1 Å².